The number of rotatable bonds is 3. The number of hydrogen-bond acceptors (Lipinski definition) is 4. The molecule has 2 aromatic rings. The van der Waals surface area contributed by atoms with Gasteiger partial charge in [-0.3, -0.25) is 4.72 Å². The Balaban J connectivity index is 2.56. The molecule has 2 rings (SSSR count). The summed E-state index contributed by atoms with van der Waals surface area (Å²) in [4.78, 5) is 4.28. The van der Waals surface area contributed by atoms with Gasteiger partial charge in [0.1, 0.15) is 5.82 Å². The van der Waals surface area contributed by atoms with Crippen molar-refractivity contribution >= 4 is 21.5 Å². The van der Waals surface area contributed by atoms with Gasteiger partial charge in [0.15, 0.2) is 0 Å². The van der Waals surface area contributed by atoms with E-state index in [2.05, 4.69) is 9.71 Å². The number of nitrogens with one attached hydrogen (secondary N) is 1. The fourth-order valence-corrected chi connectivity index (χ4v) is 3.93. The van der Waals surface area contributed by atoms with Crippen molar-refractivity contribution in [1.82, 2.24) is 4.98 Å². The topological polar surface area (TPSA) is 85.1 Å². The maximum atomic E-state index is 12.7. The van der Waals surface area contributed by atoms with Crippen molar-refractivity contribution in [2.75, 3.05) is 10.5 Å². The number of anilines is 2. The van der Waals surface area contributed by atoms with Gasteiger partial charge >= 0.3 is 0 Å². The van der Waals surface area contributed by atoms with E-state index in [1.807, 2.05) is 6.92 Å². The zero-order valence-corrected chi connectivity index (χ0v) is 13.4. The fraction of sp³-hybridized carbons (Fsp3) is 0.267. The van der Waals surface area contributed by atoms with Crippen LogP contribution in [0.1, 0.15) is 22.3 Å². The number of aromatic nitrogens is 1. The van der Waals surface area contributed by atoms with Crippen LogP contribution in [0.4, 0.5) is 11.5 Å². The lowest BCUT2D eigenvalue weighted by molar-refractivity contribution is 0.600. The molecule has 1 aromatic carbocycles. The van der Waals surface area contributed by atoms with Crippen LogP contribution >= 0.6 is 0 Å². The molecule has 0 atom stereocenters. The predicted octanol–water partition coefficient (Wildman–Crippen LogP) is 2.70. The Bertz CT molecular complexity index is 799. The van der Waals surface area contributed by atoms with Crippen molar-refractivity contribution in [3.05, 3.63) is 46.6 Å². The minimum atomic E-state index is -3.73. The van der Waals surface area contributed by atoms with E-state index in [-0.39, 0.29) is 4.90 Å². The first kappa shape index (κ1) is 15.3. The molecule has 3 N–H and O–H groups in total. The molecule has 0 radical (unpaired) electrons. The van der Waals surface area contributed by atoms with Gasteiger partial charge in [0.25, 0.3) is 10.0 Å². The number of benzene rings is 1. The SMILES string of the molecule is Cc1cccnc1NS(=O)(=O)c1c(C)cc(C)c(N)c1C. The third-order valence-electron chi connectivity index (χ3n) is 3.47. The Morgan fingerprint density at radius 3 is 2.38 bits per heavy atom. The number of aryl methyl sites for hydroxylation is 3. The molecular weight excluding hydrogens is 286 g/mol. The summed E-state index contributed by atoms with van der Waals surface area (Å²) in [5.41, 5.74) is 9.33. The summed E-state index contributed by atoms with van der Waals surface area (Å²) in [5.74, 6) is 0.329. The summed E-state index contributed by atoms with van der Waals surface area (Å²) in [7, 11) is -3.73. The number of hydrogen-bond donors (Lipinski definition) is 2. The van der Waals surface area contributed by atoms with Crippen molar-refractivity contribution < 1.29 is 8.42 Å². The highest BCUT2D eigenvalue weighted by Gasteiger charge is 2.23. The first-order valence-electron chi connectivity index (χ1n) is 6.54. The molecule has 0 saturated carbocycles. The average molecular weight is 305 g/mol. The van der Waals surface area contributed by atoms with Gasteiger partial charge in [-0.15, -0.1) is 0 Å². The number of nitrogens with zero attached hydrogens (tertiary/aromatic N) is 1. The molecular formula is C15H19N3O2S. The first-order chi connectivity index (χ1) is 9.74. The maximum absolute atomic E-state index is 12.7. The lowest BCUT2D eigenvalue weighted by Crippen LogP contribution is -2.18. The van der Waals surface area contributed by atoms with Crippen LogP contribution in [0.15, 0.2) is 29.3 Å². The van der Waals surface area contributed by atoms with Crippen molar-refractivity contribution in [2.24, 2.45) is 0 Å². The molecule has 6 heteroatoms. The van der Waals surface area contributed by atoms with Gasteiger partial charge in [0.05, 0.1) is 4.90 Å². The highest BCUT2D eigenvalue weighted by Crippen LogP contribution is 2.29. The number of sulfonamides is 1. The molecule has 0 aliphatic heterocycles. The molecule has 0 amide bonds. The minimum absolute atomic E-state index is 0.218. The molecule has 0 spiro atoms. The van der Waals surface area contributed by atoms with E-state index in [4.69, 9.17) is 5.73 Å². The normalized spacial score (nSPS) is 11.4. The van der Waals surface area contributed by atoms with Crippen LogP contribution in [0, 0.1) is 27.7 Å². The van der Waals surface area contributed by atoms with Crippen LogP contribution in [0.3, 0.4) is 0 Å². The molecule has 0 unspecified atom stereocenters. The fourth-order valence-electron chi connectivity index (χ4n) is 2.37. The van der Waals surface area contributed by atoms with Crippen molar-refractivity contribution in [2.45, 2.75) is 32.6 Å². The number of nitrogens with two attached hydrogens (primary N) is 1. The highest BCUT2D eigenvalue weighted by atomic mass is 32.2. The largest absolute Gasteiger partial charge is 0.398 e. The number of nitrogen functional groups attached to an aromatic ring is 1. The van der Waals surface area contributed by atoms with E-state index in [1.54, 1.807) is 45.2 Å². The Labute approximate surface area is 125 Å². The molecule has 1 heterocycles. The Morgan fingerprint density at radius 2 is 1.76 bits per heavy atom. The highest BCUT2D eigenvalue weighted by molar-refractivity contribution is 7.92. The van der Waals surface area contributed by atoms with Crippen LogP contribution in [0.25, 0.3) is 0 Å². The molecule has 0 aliphatic carbocycles. The smallest absolute Gasteiger partial charge is 0.263 e. The lowest BCUT2D eigenvalue weighted by Gasteiger charge is -2.16. The first-order valence-corrected chi connectivity index (χ1v) is 8.03. The van der Waals surface area contributed by atoms with E-state index in [1.165, 1.54) is 0 Å². The predicted molar refractivity (Wildman–Crippen MR) is 84.8 cm³/mol. The van der Waals surface area contributed by atoms with E-state index in [9.17, 15) is 8.42 Å². The Morgan fingerprint density at radius 1 is 1.10 bits per heavy atom. The number of pyridine rings is 1. The average Bonchev–Trinajstić information content (AvgIpc) is 2.38. The summed E-state index contributed by atoms with van der Waals surface area (Å²) in [6.45, 7) is 7.14. The standard InChI is InChI=1S/C15H19N3O2S/c1-9-6-5-7-17-15(9)18-21(19,20)14-11(3)8-10(2)13(16)12(14)4/h5-8H,16H2,1-4H3,(H,17,18). The van der Waals surface area contributed by atoms with Crippen LogP contribution in [-0.4, -0.2) is 13.4 Å². The molecule has 0 fully saturated rings. The van der Waals surface area contributed by atoms with E-state index >= 15 is 0 Å². The Hall–Kier alpha value is -2.08. The molecule has 21 heavy (non-hydrogen) atoms. The second-order valence-corrected chi connectivity index (χ2v) is 6.77. The van der Waals surface area contributed by atoms with Crippen LogP contribution in [0.2, 0.25) is 0 Å². The Kier molecular flexibility index (Phi) is 3.91. The second kappa shape index (κ2) is 5.37. The van der Waals surface area contributed by atoms with Gasteiger partial charge < -0.3 is 5.73 Å². The molecule has 1 aromatic heterocycles. The van der Waals surface area contributed by atoms with Gasteiger partial charge in [-0.2, -0.15) is 0 Å². The third kappa shape index (κ3) is 2.85. The summed E-state index contributed by atoms with van der Waals surface area (Å²) in [5, 5.41) is 0. The second-order valence-electron chi connectivity index (χ2n) is 5.15. The van der Waals surface area contributed by atoms with Gasteiger partial charge in [-0.1, -0.05) is 12.1 Å². The van der Waals surface area contributed by atoms with E-state index in [0.717, 1.165) is 11.1 Å². The molecule has 5 nitrogen and oxygen atoms in total. The van der Waals surface area contributed by atoms with Crippen LogP contribution in [0.5, 0.6) is 0 Å². The summed E-state index contributed by atoms with van der Waals surface area (Å²) in [6.07, 6.45) is 1.55. The molecule has 0 bridgehead atoms. The minimum Gasteiger partial charge on any atom is -0.398 e. The zero-order chi connectivity index (χ0) is 15.8. The van der Waals surface area contributed by atoms with Gasteiger partial charge in [0.2, 0.25) is 0 Å². The van der Waals surface area contributed by atoms with Gasteiger partial charge in [-0.25, -0.2) is 13.4 Å². The molecule has 112 valence electrons. The van der Waals surface area contributed by atoms with Crippen LogP contribution in [-0.2, 0) is 10.0 Å². The van der Waals surface area contributed by atoms with E-state index < -0.39 is 10.0 Å². The molecule has 0 saturated heterocycles. The van der Waals surface area contributed by atoms with Crippen molar-refractivity contribution in [3.8, 4) is 0 Å². The quantitative estimate of drug-likeness (QED) is 0.854. The summed E-state index contributed by atoms with van der Waals surface area (Å²) < 4.78 is 27.8. The van der Waals surface area contributed by atoms with Crippen LogP contribution < -0.4 is 10.5 Å². The monoisotopic (exact) mass is 305 g/mol. The maximum Gasteiger partial charge on any atom is 0.263 e. The van der Waals surface area contributed by atoms with E-state index in [0.29, 0.717) is 22.6 Å². The van der Waals surface area contributed by atoms with Crippen molar-refractivity contribution in [1.29, 1.82) is 0 Å². The van der Waals surface area contributed by atoms with Gasteiger partial charge in [0, 0.05) is 11.9 Å². The van der Waals surface area contributed by atoms with Crippen molar-refractivity contribution in [3.63, 3.8) is 0 Å². The zero-order valence-electron chi connectivity index (χ0n) is 12.6. The summed E-state index contributed by atoms with van der Waals surface area (Å²) in [6, 6.07) is 5.34. The van der Waals surface area contributed by atoms with Gasteiger partial charge in [-0.05, 0) is 56.0 Å². The lowest BCUT2D eigenvalue weighted by atomic mass is 10.1. The summed E-state index contributed by atoms with van der Waals surface area (Å²) >= 11 is 0. The molecule has 0 aliphatic rings. The third-order valence-corrected chi connectivity index (χ3v) is 5.10.